The van der Waals surface area contributed by atoms with Crippen molar-refractivity contribution in [3.05, 3.63) is 114 Å². The number of aromatic carboxylic acids is 1. The van der Waals surface area contributed by atoms with Crippen LogP contribution in [0.4, 0.5) is 24.8 Å². The van der Waals surface area contributed by atoms with Gasteiger partial charge in [-0.05, 0) is 76.3 Å². The molecule has 4 aromatic carbocycles. The van der Waals surface area contributed by atoms with E-state index in [9.17, 15) is 23.1 Å². The van der Waals surface area contributed by atoms with Crippen LogP contribution < -0.4 is 10.1 Å². The van der Waals surface area contributed by atoms with Crippen molar-refractivity contribution in [2.75, 3.05) is 5.32 Å². The Hall–Kier alpha value is -4.92. The molecule has 5 rings (SSSR count). The summed E-state index contributed by atoms with van der Waals surface area (Å²) in [7, 11) is 0. The lowest BCUT2D eigenvalue weighted by Gasteiger charge is -2.13. The summed E-state index contributed by atoms with van der Waals surface area (Å²) in [5.74, 6) is -1.12. The molecule has 0 unspecified atom stereocenters. The van der Waals surface area contributed by atoms with E-state index in [1.54, 1.807) is 24.3 Å². The first-order valence-electron chi connectivity index (χ1n) is 11.9. The number of alkyl halides is 3. The van der Waals surface area contributed by atoms with Crippen LogP contribution in [-0.2, 0) is 12.8 Å². The first-order valence-corrected chi connectivity index (χ1v) is 11.9. The Morgan fingerprint density at radius 2 is 1.72 bits per heavy atom. The molecule has 0 aliphatic rings. The third-order valence-electron chi connectivity index (χ3n) is 6.03. The van der Waals surface area contributed by atoms with Crippen LogP contribution in [-0.4, -0.2) is 21.0 Å². The third kappa shape index (κ3) is 5.98. The zero-order valence-electron chi connectivity index (χ0n) is 20.7. The van der Waals surface area contributed by atoms with Crippen molar-refractivity contribution in [3.8, 4) is 16.9 Å². The molecule has 0 aliphatic carbocycles. The summed E-state index contributed by atoms with van der Waals surface area (Å²) >= 11 is 0. The van der Waals surface area contributed by atoms with Gasteiger partial charge in [0.2, 0.25) is 5.95 Å². The van der Waals surface area contributed by atoms with Crippen molar-refractivity contribution in [2.24, 2.45) is 0 Å². The summed E-state index contributed by atoms with van der Waals surface area (Å²) in [6.07, 6.45) is -3.56. The van der Waals surface area contributed by atoms with Crippen LogP contribution >= 0.6 is 0 Å². The highest BCUT2D eigenvalue weighted by Gasteiger charge is 2.32. The van der Waals surface area contributed by atoms with Gasteiger partial charge in [0, 0.05) is 11.9 Å². The maximum Gasteiger partial charge on any atom is 0.433 e. The van der Waals surface area contributed by atoms with Crippen LogP contribution in [0.25, 0.3) is 21.9 Å². The molecule has 1 aromatic heterocycles. The summed E-state index contributed by atoms with van der Waals surface area (Å²) in [5.41, 5.74) is 2.35. The van der Waals surface area contributed by atoms with Gasteiger partial charge in [0.05, 0.1) is 0 Å². The number of rotatable bonds is 7. The SMILES string of the molecule is Cc1cc(Nc2nccc(C(F)(F)F)n2)cc(-c2ccc(OCc3ccc4ccccc4c3)c(C(=O)O)c2)c1. The Balaban J connectivity index is 1.39. The molecule has 0 bridgehead atoms. The molecule has 0 fully saturated rings. The third-order valence-corrected chi connectivity index (χ3v) is 6.03. The van der Waals surface area contributed by atoms with Gasteiger partial charge in [-0.1, -0.05) is 48.5 Å². The fourth-order valence-electron chi connectivity index (χ4n) is 4.22. The fraction of sp³-hybridized carbons (Fsp3) is 0.100. The van der Waals surface area contributed by atoms with Crippen molar-refractivity contribution < 1.29 is 27.8 Å². The fourth-order valence-corrected chi connectivity index (χ4v) is 4.22. The van der Waals surface area contributed by atoms with Crippen LogP contribution in [0.3, 0.4) is 0 Å². The number of ether oxygens (including phenoxy) is 1. The number of halogens is 3. The number of nitrogens with one attached hydrogen (secondary N) is 1. The second-order valence-electron chi connectivity index (χ2n) is 8.96. The van der Waals surface area contributed by atoms with Gasteiger partial charge in [-0.25, -0.2) is 14.8 Å². The van der Waals surface area contributed by atoms with Gasteiger partial charge in [-0.15, -0.1) is 0 Å². The van der Waals surface area contributed by atoms with E-state index < -0.39 is 17.8 Å². The summed E-state index contributed by atoms with van der Waals surface area (Å²) in [6.45, 7) is 2.01. The van der Waals surface area contributed by atoms with Crippen LogP contribution in [0.15, 0.2) is 91.1 Å². The van der Waals surface area contributed by atoms with Crippen molar-refractivity contribution in [1.82, 2.24) is 9.97 Å². The zero-order valence-corrected chi connectivity index (χ0v) is 20.7. The maximum absolute atomic E-state index is 13.0. The van der Waals surface area contributed by atoms with E-state index in [4.69, 9.17) is 4.74 Å². The molecule has 0 aliphatic heterocycles. The predicted molar refractivity (Wildman–Crippen MR) is 142 cm³/mol. The maximum atomic E-state index is 13.0. The van der Waals surface area contributed by atoms with Gasteiger partial charge in [0.1, 0.15) is 23.6 Å². The first-order chi connectivity index (χ1) is 18.7. The molecule has 0 saturated heterocycles. The predicted octanol–water partition coefficient (Wildman–Crippen LogP) is 7.64. The minimum absolute atomic E-state index is 0.00878. The molecule has 6 nitrogen and oxygen atoms in total. The van der Waals surface area contributed by atoms with Crippen LogP contribution in [0, 0.1) is 6.92 Å². The molecule has 0 spiro atoms. The number of carbonyl (C=O) groups is 1. The van der Waals surface area contributed by atoms with Crippen molar-refractivity contribution in [1.29, 1.82) is 0 Å². The van der Waals surface area contributed by atoms with E-state index in [1.807, 2.05) is 55.5 Å². The Morgan fingerprint density at radius 3 is 2.49 bits per heavy atom. The topological polar surface area (TPSA) is 84.3 Å². The van der Waals surface area contributed by atoms with Gasteiger partial charge in [0.25, 0.3) is 0 Å². The molecule has 0 amide bonds. The Kier molecular flexibility index (Phi) is 6.89. The lowest BCUT2D eigenvalue weighted by atomic mass is 10.00. The van der Waals surface area contributed by atoms with Crippen LogP contribution in [0.5, 0.6) is 5.75 Å². The highest BCUT2D eigenvalue weighted by molar-refractivity contribution is 5.93. The highest BCUT2D eigenvalue weighted by atomic mass is 19.4. The number of hydrogen-bond acceptors (Lipinski definition) is 5. The second-order valence-corrected chi connectivity index (χ2v) is 8.96. The summed E-state index contributed by atoms with van der Waals surface area (Å²) in [4.78, 5) is 19.5. The Labute approximate surface area is 221 Å². The molecule has 39 heavy (non-hydrogen) atoms. The van der Waals surface area contributed by atoms with Crippen molar-refractivity contribution in [3.63, 3.8) is 0 Å². The van der Waals surface area contributed by atoms with Crippen LogP contribution in [0.2, 0.25) is 0 Å². The zero-order chi connectivity index (χ0) is 27.6. The molecule has 9 heteroatoms. The van der Waals surface area contributed by atoms with E-state index in [1.165, 1.54) is 6.07 Å². The van der Waals surface area contributed by atoms with E-state index in [2.05, 4.69) is 15.3 Å². The number of fused-ring (bicyclic) bond motifs is 1. The molecule has 2 N–H and O–H groups in total. The molecule has 0 atom stereocenters. The number of carboxylic acids is 1. The summed E-state index contributed by atoms with van der Waals surface area (Å²) < 4.78 is 45.0. The highest BCUT2D eigenvalue weighted by Crippen LogP contribution is 2.32. The van der Waals surface area contributed by atoms with E-state index >= 15 is 0 Å². The first kappa shape index (κ1) is 25.7. The second kappa shape index (κ2) is 10.4. The average Bonchev–Trinajstić information content (AvgIpc) is 2.91. The van der Waals surface area contributed by atoms with E-state index in [-0.39, 0.29) is 23.9 Å². The smallest absolute Gasteiger partial charge is 0.433 e. The molecular formula is C30H22F3N3O3. The summed E-state index contributed by atoms with van der Waals surface area (Å²) in [5, 5.41) is 14.8. The van der Waals surface area contributed by atoms with E-state index in [0.29, 0.717) is 16.8 Å². The van der Waals surface area contributed by atoms with Gasteiger partial charge < -0.3 is 15.2 Å². The number of aromatic nitrogens is 2. The van der Waals surface area contributed by atoms with Gasteiger partial charge in [0.15, 0.2) is 0 Å². The van der Waals surface area contributed by atoms with E-state index in [0.717, 1.165) is 34.2 Å². The van der Waals surface area contributed by atoms with Crippen LogP contribution in [0.1, 0.15) is 27.2 Å². The van der Waals surface area contributed by atoms with Gasteiger partial charge in [-0.2, -0.15) is 13.2 Å². The number of hydrogen-bond donors (Lipinski definition) is 2. The molecule has 1 heterocycles. The minimum Gasteiger partial charge on any atom is -0.488 e. The molecular weight excluding hydrogens is 507 g/mol. The number of benzene rings is 4. The monoisotopic (exact) mass is 529 g/mol. The summed E-state index contributed by atoms with van der Waals surface area (Å²) in [6, 6.07) is 24.8. The average molecular weight is 530 g/mol. The minimum atomic E-state index is -4.59. The van der Waals surface area contributed by atoms with Gasteiger partial charge in [-0.3, -0.25) is 0 Å². The number of aryl methyl sites for hydroxylation is 1. The number of anilines is 2. The Morgan fingerprint density at radius 1 is 0.923 bits per heavy atom. The molecule has 196 valence electrons. The normalized spacial score (nSPS) is 11.4. The van der Waals surface area contributed by atoms with Crippen molar-refractivity contribution >= 4 is 28.4 Å². The number of nitrogens with zero attached hydrogens (tertiary/aromatic N) is 2. The standard InChI is InChI=1S/C30H22F3N3O3/c1-18-12-23(15-24(13-18)35-29-34-11-10-27(36-29)30(31,32)33)22-8-9-26(25(16-22)28(37)38)39-17-19-6-7-20-4-2-3-5-21(20)14-19/h2-16H,17H2,1H3,(H,37,38)(H,34,35,36). The number of carboxylic acid groups (broad SMARTS) is 1. The molecule has 0 saturated carbocycles. The molecule has 0 radical (unpaired) electrons. The lowest BCUT2D eigenvalue weighted by Crippen LogP contribution is -2.10. The lowest BCUT2D eigenvalue weighted by molar-refractivity contribution is -0.141. The quantitative estimate of drug-likeness (QED) is 0.225. The Bertz CT molecular complexity index is 1690. The van der Waals surface area contributed by atoms with Crippen molar-refractivity contribution in [2.45, 2.75) is 19.7 Å². The largest absolute Gasteiger partial charge is 0.488 e. The molecule has 5 aromatic rings. The van der Waals surface area contributed by atoms with Gasteiger partial charge >= 0.3 is 12.1 Å².